The summed E-state index contributed by atoms with van der Waals surface area (Å²) in [4.78, 5) is 24.4. The molecule has 25 heavy (non-hydrogen) atoms. The van der Waals surface area contributed by atoms with Gasteiger partial charge in [-0.1, -0.05) is 6.92 Å². The van der Waals surface area contributed by atoms with Gasteiger partial charge in [0.25, 0.3) is 5.91 Å². The number of carboxylic acids is 1. The molecule has 134 valence electrons. The molecule has 3 N–H and O–H groups in total. The number of sulfonamides is 1. The number of hydrogen-bond donors (Lipinski definition) is 3. The molecule has 1 heterocycles. The third-order valence-corrected chi connectivity index (χ3v) is 6.20. The van der Waals surface area contributed by atoms with Crippen molar-refractivity contribution in [3.63, 3.8) is 0 Å². The van der Waals surface area contributed by atoms with Crippen LogP contribution in [0.4, 0.5) is 5.69 Å². The largest absolute Gasteiger partial charge is 0.480 e. The van der Waals surface area contributed by atoms with E-state index in [0.29, 0.717) is 10.6 Å². The Balaban J connectivity index is 2.09. The van der Waals surface area contributed by atoms with E-state index in [1.54, 1.807) is 0 Å². The lowest BCUT2D eigenvalue weighted by Gasteiger charge is -2.07. The molecular weight excluding hydrogens is 364 g/mol. The van der Waals surface area contributed by atoms with Crippen molar-refractivity contribution in [2.45, 2.75) is 25.2 Å². The van der Waals surface area contributed by atoms with Gasteiger partial charge >= 0.3 is 5.97 Å². The summed E-state index contributed by atoms with van der Waals surface area (Å²) in [6.07, 6.45) is 0.861. The first-order chi connectivity index (χ1) is 11.7. The molecule has 0 atom stereocenters. The molecule has 9 heteroatoms. The molecule has 0 unspecified atom stereocenters. The molecule has 0 aliphatic carbocycles. The van der Waals surface area contributed by atoms with Crippen LogP contribution in [0.3, 0.4) is 0 Å². The monoisotopic (exact) mass is 382 g/mol. The van der Waals surface area contributed by atoms with Crippen molar-refractivity contribution < 1.29 is 23.1 Å². The van der Waals surface area contributed by atoms with E-state index in [2.05, 4.69) is 5.32 Å². The number of aliphatic carboxylic acids is 1. The number of carbonyl (C=O) groups is 2. The van der Waals surface area contributed by atoms with E-state index in [-0.39, 0.29) is 10.8 Å². The van der Waals surface area contributed by atoms with E-state index in [9.17, 15) is 18.0 Å². The zero-order valence-electron chi connectivity index (χ0n) is 13.7. The second-order valence-corrected chi connectivity index (χ2v) is 8.17. The summed E-state index contributed by atoms with van der Waals surface area (Å²) in [5, 5.41) is 11.3. The molecule has 0 saturated carbocycles. The highest BCUT2D eigenvalue weighted by atomic mass is 32.2. The average molecular weight is 382 g/mol. The van der Waals surface area contributed by atoms with Crippen molar-refractivity contribution in [2.75, 3.05) is 11.9 Å². The number of hydrogen-bond acceptors (Lipinski definition) is 5. The fourth-order valence-electron chi connectivity index (χ4n) is 2.13. The Kier molecular flexibility index (Phi) is 5.93. The highest BCUT2D eigenvalue weighted by molar-refractivity contribution is 7.89. The van der Waals surface area contributed by atoms with Gasteiger partial charge in [-0.2, -0.15) is 4.72 Å². The Morgan fingerprint density at radius 2 is 1.84 bits per heavy atom. The molecule has 0 radical (unpaired) electrons. The van der Waals surface area contributed by atoms with Crippen LogP contribution in [0.2, 0.25) is 0 Å². The van der Waals surface area contributed by atoms with E-state index in [0.717, 1.165) is 16.9 Å². The number of rotatable bonds is 7. The molecule has 2 rings (SSSR count). The van der Waals surface area contributed by atoms with Gasteiger partial charge in [0.2, 0.25) is 10.0 Å². The first-order valence-electron chi connectivity index (χ1n) is 7.45. The number of amides is 1. The van der Waals surface area contributed by atoms with Gasteiger partial charge in [0.05, 0.1) is 9.77 Å². The molecule has 1 amide bonds. The van der Waals surface area contributed by atoms with Crippen molar-refractivity contribution in [3.8, 4) is 0 Å². The summed E-state index contributed by atoms with van der Waals surface area (Å²) in [6.45, 7) is 3.28. The molecule has 0 fully saturated rings. The predicted molar refractivity (Wildman–Crippen MR) is 95.7 cm³/mol. The van der Waals surface area contributed by atoms with Gasteiger partial charge in [0, 0.05) is 10.6 Å². The van der Waals surface area contributed by atoms with Crippen molar-refractivity contribution in [1.29, 1.82) is 0 Å². The average Bonchev–Trinajstić information content (AvgIpc) is 2.95. The van der Waals surface area contributed by atoms with Crippen LogP contribution in [0.5, 0.6) is 0 Å². The topological polar surface area (TPSA) is 113 Å². The maximum absolute atomic E-state index is 12.3. The Hall–Kier alpha value is -2.23. The minimum Gasteiger partial charge on any atom is -0.480 e. The number of thiophene rings is 1. The van der Waals surface area contributed by atoms with Crippen LogP contribution in [0.15, 0.2) is 35.2 Å². The molecule has 0 aliphatic rings. The van der Waals surface area contributed by atoms with Gasteiger partial charge in [-0.3, -0.25) is 9.59 Å². The fraction of sp³-hybridized carbons (Fsp3) is 0.250. The zero-order chi connectivity index (χ0) is 18.6. The Morgan fingerprint density at radius 1 is 1.20 bits per heavy atom. The Morgan fingerprint density at radius 3 is 2.36 bits per heavy atom. The molecule has 2 aromatic rings. The van der Waals surface area contributed by atoms with E-state index in [1.165, 1.54) is 35.6 Å². The first-order valence-corrected chi connectivity index (χ1v) is 9.75. The number of carboxylic acid groups (broad SMARTS) is 1. The van der Waals surface area contributed by atoms with E-state index < -0.39 is 22.5 Å². The molecule has 0 bridgehead atoms. The normalized spacial score (nSPS) is 11.3. The molecule has 1 aromatic heterocycles. The third kappa shape index (κ3) is 4.88. The smallest absolute Gasteiger partial charge is 0.318 e. The molecule has 7 nitrogen and oxygen atoms in total. The summed E-state index contributed by atoms with van der Waals surface area (Å²) in [5.41, 5.74) is 1.52. The third-order valence-electron chi connectivity index (χ3n) is 3.40. The summed E-state index contributed by atoms with van der Waals surface area (Å²) in [7, 11) is -3.90. The van der Waals surface area contributed by atoms with Crippen molar-refractivity contribution >= 4 is 38.9 Å². The van der Waals surface area contributed by atoms with Gasteiger partial charge < -0.3 is 10.4 Å². The van der Waals surface area contributed by atoms with Gasteiger partial charge in [-0.05, 0) is 49.2 Å². The quantitative estimate of drug-likeness (QED) is 0.680. The second-order valence-electron chi connectivity index (χ2n) is 5.27. The Labute approximate surface area is 149 Å². The van der Waals surface area contributed by atoms with Gasteiger partial charge in [-0.15, -0.1) is 11.3 Å². The molecule has 0 spiro atoms. The van der Waals surface area contributed by atoms with E-state index in [1.807, 2.05) is 24.6 Å². The van der Waals surface area contributed by atoms with Crippen LogP contribution in [-0.4, -0.2) is 31.9 Å². The minimum absolute atomic E-state index is 0.0769. The van der Waals surface area contributed by atoms with Gasteiger partial charge in [0.15, 0.2) is 0 Å². The van der Waals surface area contributed by atoms with Crippen LogP contribution < -0.4 is 10.0 Å². The molecule has 1 aromatic carbocycles. The molecule has 0 aliphatic heterocycles. The summed E-state index contributed by atoms with van der Waals surface area (Å²) in [5.74, 6) is -1.53. The van der Waals surface area contributed by atoms with Crippen LogP contribution in [0.1, 0.15) is 27.0 Å². The van der Waals surface area contributed by atoms with E-state index >= 15 is 0 Å². The first kappa shape index (κ1) is 19.1. The lowest BCUT2D eigenvalue weighted by Crippen LogP contribution is -2.29. The Bertz CT molecular complexity index is 886. The zero-order valence-corrected chi connectivity index (χ0v) is 15.3. The summed E-state index contributed by atoms with van der Waals surface area (Å²) in [6, 6.07) is 7.34. The number of anilines is 1. The van der Waals surface area contributed by atoms with Crippen molar-refractivity contribution in [3.05, 3.63) is 45.6 Å². The lowest BCUT2D eigenvalue weighted by atomic mass is 10.2. The number of nitrogens with one attached hydrogen (secondary N) is 2. The van der Waals surface area contributed by atoms with E-state index in [4.69, 9.17) is 5.11 Å². The summed E-state index contributed by atoms with van der Waals surface area (Å²) < 4.78 is 25.8. The number of benzene rings is 1. The van der Waals surface area contributed by atoms with Crippen LogP contribution >= 0.6 is 11.3 Å². The predicted octanol–water partition coefficient (Wildman–Crippen LogP) is 2.23. The van der Waals surface area contributed by atoms with Crippen molar-refractivity contribution in [2.24, 2.45) is 0 Å². The fourth-order valence-corrected chi connectivity index (χ4v) is 4.12. The van der Waals surface area contributed by atoms with Crippen LogP contribution in [0.25, 0.3) is 0 Å². The highest BCUT2D eigenvalue weighted by Gasteiger charge is 2.16. The van der Waals surface area contributed by atoms with Crippen LogP contribution in [-0.2, 0) is 21.2 Å². The van der Waals surface area contributed by atoms with Gasteiger partial charge in [-0.25, -0.2) is 8.42 Å². The minimum atomic E-state index is -3.90. The van der Waals surface area contributed by atoms with Crippen LogP contribution in [0, 0.1) is 6.92 Å². The summed E-state index contributed by atoms with van der Waals surface area (Å²) >= 11 is 1.43. The maximum atomic E-state index is 12.3. The van der Waals surface area contributed by atoms with Gasteiger partial charge in [0.1, 0.15) is 6.54 Å². The molecular formula is C16H18N2O5S2. The molecule has 0 saturated heterocycles. The SMILES string of the molecule is CCc1sc(C(=O)Nc2ccc(S(=O)(=O)NCC(=O)O)cc2)cc1C. The lowest BCUT2D eigenvalue weighted by molar-refractivity contribution is -0.135. The highest BCUT2D eigenvalue weighted by Crippen LogP contribution is 2.23. The number of carbonyl (C=O) groups excluding carboxylic acids is 1. The number of aryl methyl sites for hydroxylation is 2. The standard InChI is InChI=1S/C16H18N2O5S2/c1-3-13-10(2)8-14(24-13)16(21)18-11-4-6-12(7-5-11)25(22,23)17-9-15(19)20/h4-8,17H,3,9H2,1-2H3,(H,18,21)(H,19,20). The van der Waals surface area contributed by atoms with Crippen molar-refractivity contribution in [1.82, 2.24) is 4.72 Å². The maximum Gasteiger partial charge on any atom is 0.318 e. The second kappa shape index (κ2) is 7.77.